The summed E-state index contributed by atoms with van der Waals surface area (Å²) in [6, 6.07) is 9.90. The summed E-state index contributed by atoms with van der Waals surface area (Å²) in [6.45, 7) is 2.78. The Hall–Kier alpha value is -2.24. The van der Waals surface area contributed by atoms with Crippen molar-refractivity contribution in [3.05, 3.63) is 57.6 Å². The summed E-state index contributed by atoms with van der Waals surface area (Å²) >= 11 is 12.0. The lowest BCUT2D eigenvalue weighted by Gasteiger charge is -2.18. The van der Waals surface area contributed by atoms with E-state index < -0.39 is 0 Å². The van der Waals surface area contributed by atoms with Gasteiger partial charge in [0.25, 0.3) is 0 Å². The Morgan fingerprint density at radius 2 is 1.78 bits per heavy atom. The number of hydrogen-bond acceptors (Lipinski definition) is 4. The van der Waals surface area contributed by atoms with Crippen LogP contribution >= 0.6 is 23.2 Å². The monoisotopic (exact) mass is 407 g/mol. The molecule has 1 N–H and O–H groups in total. The van der Waals surface area contributed by atoms with Gasteiger partial charge >= 0.3 is 0 Å². The van der Waals surface area contributed by atoms with Gasteiger partial charge in [0.1, 0.15) is 13.2 Å². The van der Waals surface area contributed by atoms with Crippen molar-refractivity contribution in [3.63, 3.8) is 0 Å². The number of nitrogens with one attached hydrogen (secondary N) is 1. The fourth-order valence-corrected chi connectivity index (χ4v) is 3.40. The maximum atomic E-state index is 12.4. The Morgan fingerprint density at radius 1 is 1.04 bits per heavy atom. The predicted octanol–water partition coefficient (Wildman–Crippen LogP) is 4.60. The largest absolute Gasteiger partial charge is 0.486 e. The molecule has 0 bridgehead atoms. The van der Waals surface area contributed by atoms with Crippen molar-refractivity contribution in [2.75, 3.05) is 13.2 Å². The average Bonchev–Trinajstić information content (AvgIpc) is 2.65. The van der Waals surface area contributed by atoms with Gasteiger partial charge in [-0.05, 0) is 42.8 Å². The maximum Gasteiger partial charge on any atom is 0.220 e. The molecule has 2 aromatic rings. The average molecular weight is 408 g/mol. The highest BCUT2D eigenvalue weighted by atomic mass is 35.5. The Morgan fingerprint density at radius 3 is 2.52 bits per heavy atom. The van der Waals surface area contributed by atoms with Gasteiger partial charge in [0.15, 0.2) is 17.3 Å². The molecule has 0 radical (unpaired) electrons. The Labute approximate surface area is 167 Å². The third kappa shape index (κ3) is 4.93. The molecule has 0 spiro atoms. The van der Waals surface area contributed by atoms with E-state index in [1.54, 1.807) is 36.4 Å². The summed E-state index contributed by atoms with van der Waals surface area (Å²) in [5.74, 6) is 0.838. The second kappa shape index (κ2) is 8.63. The number of fused-ring (bicyclic) bond motifs is 1. The van der Waals surface area contributed by atoms with Crippen molar-refractivity contribution in [1.82, 2.24) is 5.32 Å². The summed E-state index contributed by atoms with van der Waals surface area (Å²) in [5.41, 5.74) is 1.27. The fraction of sp³-hybridized carbons (Fsp3) is 0.300. The number of carbonyl (C=O) groups is 2. The highest BCUT2D eigenvalue weighted by molar-refractivity contribution is 6.35. The van der Waals surface area contributed by atoms with Crippen molar-refractivity contribution < 1.29 is 19.1 Å². The number of rotatable bonds is 6. The molecule has 3 rings (SSSR count). The molecule has 0 aromatic heterocycles. The number of ether oxygens (including phenoxy) is 2. The molecule has 0 aliphatic carbocycles. The van der Waals surface area contributed by atoms with E-state index in [2.05, 4.69) is 5.32 Å². The van der Waals surface area contributed by atoms with E-state index >= 15 is 0 Å². The molecular formula is C20H19Cl2NO4. The van der Waals surface area contributed by atoms with Crippen molar-refractivity contribution in [2.45, 2.75) is 25.8 Å². The summed E-state index contributed by atoms with van der Waals surface area (Å²) < 4.78 is 10.9. The van der Waals surface area contributed by atoms with Gasteiger partial charge < -0.3 is 14.8 Å². The number of halogens is 2. The summed E-state index contributed by atoms with van der Waals surface area (Å²) in [6.07, 6.45) is 0.190. The first-order valence-electron chi connectivity index (χ1n) is 8.61. The second-order valence-corrected chi connectivity index (χ2v) is 7.08. The molecule has 1 atom stereocenters. The minimum absolute atomic E-state index is 0.0861. The highest BCUT2D eigenvalue weighted by Gasteiger charge is 2.17. The van der Waals surface area contributed by atoms with E-state index in [9.17, 15) is 9.59 Å². The topological polar surface area (TPSA) is 64.6 Å². The lowest BCUT2D eigenvalue weighted by atomic mass is 10.0. The van der Waals surface area contributed by atoms with Crippen LogP contribution < -0.4 is 14.8 Å². The summed E-state index contributed by atoms with van der Waals surface area (Å²) in [4.78, 5) is 24.6. The third-order valence-corrected chi connectivity index (χ3v) is 4.81. The van der Waals surface area contributed by atoms with Crippen molar-refractivity contribution >= 4 is 34.9 Å². The Balaban J connectivity index is 1.54. The van der Waals surface area contributed by atoms with Gasteiger partial charge in [-0.3, -0.25) is 9.59 Å². The van der Waals surface area contributed by atoms with E-state index in [0.29, 0.717) is 40.3 Å². The van der Waals surface area contributed by atoms with E-state index in [4.69, 9.17) is 32.7 Å². The SMILES string of the molecule is CC(NC(=O)CCC(=O)c1ccc2c(c1)OCCO2)c1ccc(Cl)cc1Cl. The third-order valence-electron chi connectivity index (χ3n) is 4.25. The van der Waals surface area contributed by atoms with Crippen molar-refractivity contribution in [3.8, 4) is 11.5 Å². The molecule has 142 valence electrons. The van der Waals surface area contributed by atoms with Crippen LogP contribution in [0.2, 0.25) is 10.0 Å². The molecule has 0 saturated heterocycles. The predicted molar refractivity (Wildman–Crippen MR) is 104 cm³/mol. The standard InChI is InChI=1S/C20H19Cl2NO4/c1-12(15-4-3-14(21)11-16(15)22)23-20(25)7-5-17(24)13-2-6-18-19(10-13)27-9-8-26-18/h2-4,6,10-12H,5,7-9H2,1H3,(H,23,25). The molecule has 0 saturated carbocycles. The van der Waals surface area contributed by atoms with Gasteiger partial charge in [-0.15, -0.1) is 0 Å². The van der Waals surface area contributed by atoms with E-state index in [0.717, 1.165) is 5.56 Å². The minimum Gasteiger partial charge on any atom is -0.486 e. The zero-order valence-electron chi connectivity index (χ0n) is 14.8. The van der Waals surface area contributed by atoms with Crippen molar-refractivity contribution in [2.24, 2.45) is 0 Å². The van der Waals surface area contributed by atoms with Crippen LogP contribution in [-0.4, -0.2) is 24.9 Å². The van der Waals surface area contributed by atoms with Gasteiger partial charge in [-0.2, -0.15) is 0 Å². The van der Waals surface area contributed by atoms with Crippen LogP contribution in [0.3, 0.4) is 0 Å². The zero-order valence-corrected chi connectivity index (χ0v) is 16.3. The Bertz CT molecular complexity index is 869. The summed E-state index contributed by atoms with van der Waals surface area (Å²) in [7, 11) is 0. The molecule has 1 heterocycles. The van der Waals surface area contributed by atoms with E-state index in [1.165, 1.54) is 0 Å². The molecule has 5 nitrogen and oxygen atoms in total. The molecule has 7 heteroatoms. The van der Waals surface area contributed by atoms with Crippen molar-refractivity contribution in [1.29, 1.82) is 0 Å². The van der Waals surface area contributed by atoms with Gasteiger partial charge in [-0.1, -0.05) is 29.3 Å². The first kappa shape index (κ1) is 19.5. The highest BCUT2D eigenvalue weighted by Crippen LogP contribution is 2.31. The normalized spacial score (nSPS) is 13.7. The van der Waals surface area contributed by atoms with Gasteiger partial charge in [0, 0.05) is 28.5 Å². The van der Waals surface area contributed by atoms with Crippen LogP contribution in [0, 0.1) is 0 Å². The van der Waals surface area contributed by atoms with E-state index in [-0.39, 0.29) is 30.6 Å². The van der Waals surface area contributed by atoms with Crippen LogP contribution in [0.15, 0.2) is 36.4 Å². The lowest BCUT2D eigenvalue weighted by Crippen LogP contribution is -2.27. The fourth-order valence-electron chi connectivity index (χ4n) is 2.83. The van der Waals surface area contributed by atoms with E-state index in [1.807, 2.05) is 6.92 Å². The smallest absolute Gasteiger partial charge is 0.220 e. The molecule has 0 fully saturated rings. The molecule has 27 heavy (non-hydrogen) atoms. The Kier molecular flexibility index (Phi) is 6.24. The number of benzene rings is 2. The van der Waals surface area contributed by atoms with Gasteiger partial charge in [-0.25, -0.2) is 0 Å². The molecule has 1 unspecified atom stereocenters. The van der Waals surface area contributed by atoms with Gasteiger partial charge in [0.2, 0.25) is 5.91 Å². The van der Waals surface area contributed by atoms with Crippen LogP contribution in [0.25, 0.3) is 0 Å². The molecule has 2 aromatic carbocycles. The number of amides is 1. The zero-order chi connectivity index (χ0) is 19.4. The lowest BCUT2D eigenvalue weighted by molar-refractivity contribution is -0.121. The maximum absolute atomic E-state index is 12.4. The van der Waals surface area contributed by atoms with Gasteiger partial charge in [0.05, 0.1) is 6.04 Å². The minimum atomic E-state index is -0.285. The molecule has 1 amide bonds. The van der Waals surface area contributed by atoms with Crippen LogP contribution in [-0.2, 0) is 4.79 Å². The molecule has 1 aliphatic heterocycles. The van der Waals surface area contributed by atoms with Crippen LogP contribution in [0.4, 0.5) is 0 Å². The first-order valence-corrected chi connectivity index (χ1v) is 9.37. The second-order valence-electron chi connectivity index (χ2n) is 6.24. The molecular weight excluding hydrogens is 389 g/mol. The number of carbonyl (C=O) groups excluding carboxylic acids is 2. The van der Waals surface area contributed by atoms with Crippen LogP contribution in [0.5, 0.6) is 11.5 Å². The quantitative estimate of drug-likeness (QED) is 0.710. The number of ketones is 1. The van der Waals surface area contributed by atoms with Crippen LogP contribution in [0.1, 0.15) is 41.7 Å². The first-order chi connectivity index (χ1) is 12.9. The number of Topliss-reactive ketones (excluding diaryl/α,β-unsaturated/α-hetero) is 1. The summed E-state index contributed by atoms with van der Waals surface area (Å²) in [5, 5.41) is 3.87. The molecule has 1 aliphatic rings. The number of hydrogen-bond donors (Lipinski definition) is 1.